The van der Waals surface area contributed by atoms with E-state index in [0.29, 0.717) is 0 Å². The maximum absolute atomic E-state index is 11.5. The molecule has 3 N–H and O–H groups in total. The molecule has 1 aromatic carbocycles. The Labute approximate surface area is 95.8 Å². The number of esters is 1. The molecule has 0 fully saturated rings. The molecule has 1 rings (SSSR count). The molecule has 0 aliphatic carbocycles. The first-order valence-corrected chi connectivity index (χ1v) is 5.21. The van der Waals surface area contributed by atoms with Crippen LogP contribution >= 0.6 is 0 Å². The molecule has 0 saturated carbocycles. The zero-order valence-corrected chi connectivity index (χ0v) is 9.86. The number of hydrogen-bond acceptors (Lipinski definition) is 4. The lowest BCUT2D eigenvalue weighted by atomic mass is 10.1. The Bertz CT molecular complexity index is 347. The van der Waals surface area contributed by atoms with Gasteiger partial charge in [0.05, 0.1) is 7.11 Å². The van der Waals surface area contributed by atoms with E-state index in [2.05, 4.69) is 10.1 Å². The number of nitrogens with two attached hydrogens (primary N) is 1. The maximum Gasteiger partial charge on any atom is 0.329 e. The van der Waals surface area contributed by atoms with Crippen LogP contribution in [-0.2, 0) is 9.53 Å². The number of rotatable bonds is 4. The minimum absolute atomic E-state index is 0.311. The number of aryl methyl sites for hydroxylation is 1. The SMILES string of the molecule is COC(=O)[C@H](Nc1ccc(C)cc1)[C@H](C)N. The third-order valence-corrected chi connectivity index (χ3v) is 2.35. The standard InChI is InChI=1S/C12H18N2O2/c1-8-4-6-10(7-5-8)14-11(9(2)13)12(15)16-3/h4-7,9,11,14H,13H2,1-3H3/t9-,11+/m0/s1. The van der Waals surface area contributed by atoms with Gasteiger partial charge in [0, 0.05) is 11.7 Å². The molecule has 0 saturated heterocycles. The highest BCUT2D eigenvalue weighted by Crippen LogP contribution is 2.11. The zero-order chi connectivity index (χ0) is 12.1. The highest BCUT2D eigenvalue weighted by molar-refractivity contribution is 5.80. The predicted octanol–water partition coefficient (Wildman–Crippen LogP) is 1.30. The molecule has 0 aliphatic heterocycles. The number of methoxy groups -OCH3 is 1. The predicted molar refractivity (Wildman–Crippen MR) is 64.3 cm³/mol. The van der Waals surface area contributed by atoms with E-state index < -0.39 is 6.04 Å². The third kappa shape index (κ3) is 3.24. The Balaban J connectivity index is 2.75. The van der Waals surface area contributed by atoms with Gasteiger partial charge in [0.15, 0.2) is 0 Å². The number of nitrogens with one attached hydrogen (secondary N) is 1. The molecule has 0 bridgehead atoms. The first-order chi connectivity index (χ1) is 7.54. The molecule has 0 radical (unpaired) electrons. The van der Waals surface area contributed by atoms with Gasteiger partial charge in [0.25, 0.3) is 0 Å². The summed E-state index contributed by atoms with van der Waals surface area (Å²) in [5, 5.41) is 3.06. The van der Waals surface area contributed by atoms with Crippen LogP contribution in [0.2, 0.25) is 0 Å². The Kier molecular flexibility index (Phi) is 4.31. The lowest BCUT2D eigenvalue weighted by Crippen LogP contribution is -2.44. The number of carbonyl (C=O) groups excluding carboxylic acids is 1. The number of ether oxygens (including phenoxy) is 1. The van der Waals surface area contributed by atoms with E-state index in [1.165, 1.54) is 12.7 Å². The van der Waals surface area contributed by atoms with Crippen LogP contribution < -0.4 is 11.1 Å². The van der Waals surface area contributed by atoms with Gasteiger partial charge in [-0.1, -0.05) is 17.7 Å². The highest BCUT2D eigenvalue weighted by Gasteiger charge is 2.22. The normalized spacial score (nSPS) is 14.0. The van der Waals surface area contributed by atoms with Crippen molar-refractivity contribution in [3.63, 3.8) is 0 Å². The van der Waals surface area contributed by atoms with Crippen LogP contribution in [0.5, 0.6) is 0 Å². The monoisotopic (exact) mass is 222 g/mol. The van der Waals surface area contributed by atoms with E-state index in [1.807, 2.05) is 31.2 Å². The summed E-state index contributed by atoms with van der Waals surface area (Å²) >= 11 is 0. The van der Waals surface area contributed by atoms with Gasteiger partial charge >= 0.3 is 5.97 Å². The maximum atomic E-state index is 11.5. The lowest BCUT2D eigenvalue weighted by molar-refractivity contribution is -0.141. The van der Waals surface area contributed by atoms with Crippen molar-refractivity contribution in [3.05, 3.63) is 29.8 Å². The Morgan fingerprint density at radius 2 is 1.94 bits per heavy atom. The van der Waals surface area contributed by atoms with Crippen LogP contribution in [0.15, 0.2) is 24.3 Å². The molecule has 0 spiro atoms. The first kappa shape index (κ1) is 12.5. The van der Waals surface area contributed by atoms with Crippen LogP contribution in [-0.4, -0.2) is 25.2 Å². The summed E-state index contributed by atoms with van der Waals surface area (Å²) in [4.78, 5) is 11.5. The van der Waals surface area contributed by atoms with Crippen molar-refractivity contribution < 1.29 is 9.53 Å². The highest BCUT2D eigenvalue weighted by atomic mass is 16.5. The molecule has 0 unspecified atom stereocenters. The van der Waals surface area contributed by atoms with E-state index in [0.717, 1.165) is 5.69 Å². The van der Waals surface area contributed by atoms with E-state index in [9.17, 15) is 4.79 Å². The van der Waals surface area contributed by atoms with Crippen molar-refractivity contribution in [1.82, 2.24) is 0 Å². The number of benzene rings is 1. The fourth-order valence-electron chi connectivity index (χ4n) is 1.36. The Morgan fingerprint density at radius 3 is 2.38 bits per heavy atom. The molecule has 0 heterocycles. The van der Waals surface area contributed by atoms with Crippen LogP contribution in [0.4, 0.5) is 5.69 Å². The van der Waals surface area contributed by atoms with Crippen molar-refractivity contribution in [2.24, 2.45) is 5.73 Å². The summed E-state index contributed by atoms with van der Waals surface area (Å²) in [6.07, 6.45) is 0. The molecule has 4 nitrogen and oxygen atoms in total. The molecular formula is C12H18N2O2. The fraction of sp³-hybridized carbons (Fsp3) is 0.417. The number of hydrogen-bond donors (Lipinski definition) is 2. The Morgan fingerprint density at radius 1 is 1.38 bits per heavy atom. The molecule has 4 heteroatoms. The molecule has 2 atom stereocenters. The summed E-state index contributed by atoms with van der Waals surface area (Å²) in [6, 6.07) is 6.93. The van der Waals surface area contributed by atoms with Crippen molar-refractivity contribution in [2.45, 2.75) is 25.9 Å². The van der Waals surface area contributed by atoms with Gasteiger partial charge in [-0.2, -0.15) is 0 Å². The summed E-state index contributed by atoms with van der Waals surface area (Å²) in [5.41, 5.74) is 7.75. The van der Waals surface area contributed by atoms with E-state index in [1.54, 1.807) is 6.92 Å². The van der Waals surface area contributed by atoms with Crippen molar-refractivity contribution >= 4 is 11.7 Å². The van der Waals surface area contributed by atoms with E-state index >= 15 is 0 Å². The quantitative estimate of drug-likeness (QED) is 0.754. The smallest absolute Gasteiger partial charge is 0.329 e. The number of anilines is 1. The number of carbonyl (C=O) groups is 1. The largest absolute Gasteiger partial charge is 0.467 e. The molecule has 0 aliphatic rings. The molecular weight excluding hydrogens is 204 g/mol. The van der Waals surface area contributed by atoms with Gasteiger partial charge in [0.2, 0.25) is 0 Å². The second kappa shape index (κ2) is 5.51. The van der Waals surface area contributed by atoms with Crippen LogP contribution in [0, 0.1) is 6.92 Å². The van der Waals surface area contributed by atoms with Crippen molar-refractivity contribution in [1.29, 1.82) is 0 Å². The molecule has 0 amide bonds. The topological polar surface area (TPSA) is 64.3 Å². The summed E-state index contributed by atoms with van der Waals surface area (Å²) in [6.45, 7) is 3.77. The fourth-order valence-corrected chi connectivity index (χ4v) is 1.36. The average molecular weight is 222 g/mol. The Hall–Kier alpha value is -1.55. The second-order valence-corrected chi connectivity index (χ2v) is 3.87. The summed E-state index contributed by atoms with van der Waals surface area (Å²) in [5.74, 6) is -0.351. The van der Waals surface area contributed by atoms with E-state index in [-0.39, 0.29) is 12.0 Å². The summed E-state index contributed by atoms with van der Waals surface area (Å²) < 4.78 is 4.69. The lowest BCUT2D eigenvalue weighted by Gasteiger charge is -2.20. The molecule has 16 heavy (non-hydrogen) atoms. The van der Waals surface area contributed by atoms with E-state index in [4.69, 9.17) is 5.73 Å². The zero-order valence-electron chi connectivity index (χ0n) is 9.86. The first-order valence-electron chi connectivity index (χ1n) is 5.21. The third-order valence-electron chi connectivity index (χ3n) is 2.35. The van der Waals surface area contributed by atoms with Gasteiger partial charge in [-0.15, -0.1) is 0 Å². The van der Waals surface area contributed by atoms with Gasteiger partial charge in [-0.25, -0.2) is 4.79 Å². The van der Waals surface area contributed by atoms with Gasteiger partial charge < -0.3 is 15.8 Å². The minimum Gasteiger partial charge on any atom is -0.467 e. The molecule has 88 valence electrons. The van der Waals surface area contributed by atoms with Crippen molar-refractivity contribution in [2.75, 3.05) is 12.4 Å². The van der Waals surface area contributed by atoms with Gasteiger partial charge in [-0.3, -0.25) is 0 Å². The van der Waals surface area contributed by atoms with Crippen LogP contribution in [0.1, 0.15) is 12.5 Å². The summed E-state index contributed by atoms with van der Waals surface area (Å²) in [7, 11) is 1.36. The molecule has 1 aromatic rings. The van der Waals surface area contributed by atoms with Gasteiger partial charge in [0.1, 0.15) is 6.04 Å². The average Bonchev–Trinajstić information content (AvgIpc) is 2.27. The second-order valence-electron chi connectivity index (χ2n) is 3.87. The van der Waals surface area contributed by atoms with Gasteiger partial charge in [-0.05, 0) is 26.0 Å². The molecule has 0 aromatic heterocycles. The van der Waals surface area contributed by atoms with Crippen molar-refractivity contribution in [3.8, 4) is 0 Å². The minimum atomic E-state index is -0.521. The van der Waals surface area contributed by atoms with Crippen LogP contribution in [0.3, 0.4) is 0 Å². The van der Waals surface area contributed by atoms with Crippen LogP contribution in [0.25, 0.3) is 0 Å².